The molecule has 1 heterocycles. The SMILES string of the molecule is Cc1cccnc1CC(O)C1CCCCC1(C)C. The molecule has 0 saturated heterocycles. The van der Waals surface area contributed by atoms with E-state index in [0.29, 0.717) is 12.3 Å². The molecule has 1 fully saturated rings. The minimum atomic E-state index is -0.256. The molecule has 0 spiro atoms. The van der Waals surface area contributed by atoms with Crippen molar-refractivity contribution < 1.29 is 5.11 Å². The molecule has 1 aliphatic rings. The number of nitrogens with zero attached hydrogens (tertiary/aromatic N) is 1. The number of aryl methyl sites for hydroxylation is 1. The summed E-state index contributed by atoms with van der Waals surface area (Å²) in [6.07, 6.45) is 7.21. The molecule has 0 amide bonds. The molecule has 0 aliphatic heterocycles. The van der Waals surface area contributed by atoms with E-state index in [4.69, 9.17) is 0 Å². The number of pyridine rings is 1. The monoisotopic (exact) mass is 247 g/mol. The van der Waals surface area contributed by atoms with E-state index in [1.54, 1.807) is 0 Å². The van der Waals surface area contributed by atoms with Crippen LogP contribution in [0.1, 0.15) is 50.8 Å². The van der Waals surface area contributed by atoms with Gasteiger partial charge in [0.15, 0.2) is 0 Å². The van der Waals surface area contributed by atoms with Gasteiger partial charge in [0.2, 0.25) is 0 Å². The Morgan fingerprint density at radius 2 is 2.22 bits per heavy atom. The van der Waals surface area contributed by atoms with Gasteiger partial charge in [-0.15, -0.1) is 0 Å². The lowest BCUT2D eigenvalue weighted by atomic mass is 9.66. The van der Waals surface area contributed by atoms with Gasteiger partial charge in [0.05, 0.1) is 6.10 Å². The van der Waals surface area contributed by atoms with Crippen molar-refractivity contribution in [3.05, 3.63) is 29.6 Å². The smallest absolute Gasteiger partial charge is 0.0628 e. The highest BCUT2D eigenvalue weighted by atomic mass is 16.3. The molecule has 0 aromatic carbocycles. The number of aliphatic hydroxyl groups is 1. The first-order valence-electron chi connectivity index (χ1n) is 7.09. The van der Waals surface area contributed by atoms with Crippen LogP contribution in [0.25, 0.3) is 0 Å². The van der Waals surface area contributed by atoms with E-state index in [1.807, 2.05) is 12.3 Å². The zero-order valence-corrected chi connectivity index (χ0v) is 11.8. The standard InChI is InChI=1S/C16H25NO/c1-12-7-6-10-17-14(12)11-15(18)13-8-4-5-9-16(13,2)3/h6-7,10,13,15,18H,4-5,8-9,11H2,1-3H3. The maximum absolute atomic E-state index is 10.5. The predicted molar refractivity (Wildman–Crippen MR) is 74.4 cm³/mol. The summed E-state index contributed by atoms with van der Waals surface area (Å²) in [5.74, 6) is 0.410. The second-order valence-electron chi connectivity index (χ2n) is 6.38. The van der Waals surface area contributed by atoms with Crippen molar-refractivity contribution in [2.24, 2.45) is 11.3 Å². The highest BCUT2D eigenvalue weighted by Gasteiger charge is 2.36. The molecule has 2 heteroatoms. The van der Waals surface area contributed by atoms with E-state index in [9.17, 15) is 5.11 Å². The average molecular weight is 247 g/mol. The maximum atomic E-state index is 10.5. The Balaban J connectivity index is 2.07. The second-order valence-corrected chi connectivity index (χ2v) is 6.38. The lowest BCUT2D eigenvalue weighted by molar-refractivity contribution is 0.00523. The summed E-state index contributed by atoms with van der Waals surface area (Å²) in [6, 6.07) is 4.02. The molecule has 2 atom stereocenters. The normalized spacial score (nSPS) is 24.8. The lowest BCUT2D eigenvalue weighted by Crippen LogP contribution is -2.38. The van der Waals surface area contributed by atoms with Gasteiger partial charge < -0.3 is 5.11 Å². The van der Waals surface area contributed by atoms with Crippen LogP contribution < -0.4 is 0 Å². The van der Waals surface area contributed by atoms with Crippen molar-refractivity contribution in [2.45, 2.75) is 59.0 Å². The zero-order valence-electron chi connectivity index (χ0n) is 11.8. The Bertz CT molecular complexity index is 400. The van der Waals surface area contributed by atoms with Crippen molar-refractivity contribution in [1.82, 2.24) is 4.98 Å². The molecule has 0 bridgehead atoms. The summed E-state index contributed by atoms with van der Waals surface area (Å²) in [4.78, 5) is 4.40. The van der Waals surface area contributed by atoms with E-state index < -0.39 is 0 Å². The first-order valence-corrected chi connectivity index (χ1v) is 7.09. The second kappa shape index (κ2) is 5.40. The molecular formula is C16H25NO. The molecule has 1 N–H and O–H groups in total. The fourth-order valence-electron chi connectivity index (χ4n) is 3.31. The Morgan fingerprint density at radius 1 is 1.44 bits per heavy atom. The van der Waals surface area contributed by atoms with Gasteiger partial charge in [0.1, 0.15) is 0 Å². The van der Waals surface area contributed by atoms with Gasteiger partial charge in [-0.1, -0.05) is 32.8 Å². The third-order valence-corrected chi connectivity index (χ3v) is 4.57. The number of rotatable bonds is 3. The Labute approximate surface area is 110 Å². The van der Waals surface area contributed by atoms with E-state index in [0.717, 1.165) is 12.1 Å². The highest BCUT2D eigenvalue weighted by molar-refractivity contribution is 5.18. The van der Waals surface area contributed by atoms with Crippen molar-refractivity contribution in [1.29, 1.82) is 0 Å². The molecule has 2 rings (SSSR count). The van der Waals surface area contributed by atoms with Gasteiger partial charge in [-0.25, -0.2) is 0 Å². The van der Waals surface area contributed by atoms with Gasteiger partial charge in [-0.2, -0.15) is 0 Å². The molecule has 2 nitrogen and oxygen atoms in total. The van der Waals surface area contributed by atoms with Crippen molar-refractivity contribution >= 4 is 0 Å². The number of aromatic nitrogens is 1. The Morgan fingerprint density at radius 3 is 2.89 bits per heavy atom. The van der Waals surface area contributed by atoms with Gasteiger partial charge in [0, 0.05) is 18.3 Å². The van der Waals surface area contributed by atoms with Crippen LogP contribution in [0.2, 0.25) is 0 Å². The summed E-state index contributed by atoms with van der Waals surface area (Å²) in [5, 5.41) is 10.5. The minimum absolute atomic E-state index is 0.256. The third-order valence-electron chi connectivity index (χ3n) is 4.57. The largest absolute Gasteiger partial charge is 0.392 e. The Hall–Kier alpha value is -0.890. The summed E-state index contributed by atoms with van der Waals surface area (Å²) < 4.78 is 0. The first-order chi connectivity index (χ1) is 8.50. The van der Waals surface area contributed by atoms with Crippen LogP contribution in [0.5, 0.6) is 0 Å². The minimum Gasteiger partial charge on any atom is -0.392 e. The quantitative estimate of drug-likeness (QED) is 0.886. The summed E-state index contributed by atoms with van der Waals surface area (Å²) in [5.41, 5.74) is 2.50. The number of hydrogen-bond acceptors (Lipinski definition) is 2. The van der Waals surface area contributed by atoms with E-state index >= 15 is 0 Å². The predicted octanol–water partition coefficient (Wildman–Crippen LogP) is 3.51. The third kappa shape index (κ3) is 2.92. The van der Waals surface area contributed by atoms with Crippen LogP contribution in [0, 0.1) is 18.3 Å². The molecule has 0 radical (unpaired) electrons. The molecule has 1 aliphatic carbocycles. The number of hydrogen-bond donors (Lipinski definition) is 1. The molecule has 1 saturated carbocycles. The summed E-state index contributed by atoms with van der Waals surface area (Å²) in [6.45, 7) is 6.66. The molecule has 1 aromatic rings. The topological polar surface area (TPSA) is 33.1 Å². The summed E-state index contributed by atoms with van der Waals surface area (Å²) >= 11 is 0. The first kappa shape index (κ1) is 13.5. The molecule has 18 heavy (non-hydrogen) atoms. The van der Waals surface area contributed by atoms with Crippen LogP contribution in [-0.2, 0) is 6.42 Å². The maximum Gasteiger partial charge on any atom is 0.0628 e. The van der Waals surface area contributed by atoms with E-state index in [1.165, 1.54) is 24.8 Å². The molecule has 100 valence electrons. The fraction of sp³-hybridized carbons (Fsp3) is 0.688. The molecule has 1 aromatic heterocycles. The highest BCUT2D eigenvalue weighted by Crippen LogP contribution is 2.42. The van der Waals surface area contributed by atoms with Crippen LogP contribution in [-0.4, -0.2) is 16.2 Å². The van der Waals surface area contributed by atoms with E-state index in [2.05, 4.69) is 31.8 Å². The van der Waals surface area contributed by atoms with Crippen molar-refractivity contribution in [3.63, 3.8) is 0 Å². The zero-order chi connectivity index (χ0) is 13.2. The van der Waals surface area contributed by atoms with E-state index in [-0.39, 0.29) is 11.5 Å². The van der Waals surface area contributed by atoms with Crippen LogP contribution in [0.4, 0.5) is 0 Å². The Kier molecular flexibility index (Phi) is 4.06. The molecular weight excluding hydrogens is 222 g/mol. The average Bonchev–Trinajstić information content (AvgIpc) is 2.31. The van der Waals surface area contributed by atoms with Crippen LogP contribution in [0.3, 0.4) is 0 Å². The van der Waals surface area contributed by atoms with Crippen molar-refractivity contribution in [3.8, 4) is 0 Å². The van der Waals surface area contributed by atoms with Crippen LogP contribution in [0.15, 0.2) is 18.3 Å². The van der Waals surface area contributed by atoms with Crippen molar-refractivity contribution in [2.75, 3.05) is 0 Å². The van der Waals surface area contributed by atoms with Gasteiger partial charge in [0.25, 0.3) is 0 Å². The van der Waals surface area contributed by atoms with Gasteiger partial charge in [-0.3, -0.25) is 4.98 Å². The fourth-order valence-corrected chi connectivity index (χ4v) is 3.31. The lowest BCUT2D eigenvalue weighted by Gasteiger charge is -2.41. The van der Waals surface area contributed by atoms with Gasteiger partial charge in [-0.05, 0) is 42.7 Å². The summed E-state index contributed by atoms with van der Waals surface area (Å²) in [7, 11) is 0. The number of aliphatic hydroxyl groups excluding tert-OH is 1. The molecule has 2 unspecified atom stereocenters. The van der Waals surface area contributed by atoms with Gasteiger partial charge >= 0.3 is 0 Å². The van der Waals surface area contributed by atoms with Crippen LogP contribution >= 0.6 is 0 Å².